The Balaban J connectivity index is 1.74. The van der Waals surface area contributed by atoms with Gasteiger partial charge in [-0.05, 0) is 74.7 Å². The average Bonchev–Trinajstić information content (AvgIpc) is 3.30. The van der Waals surface area contributed by atoms with E-state index in [9.17, 15) is 14.0 Å². The van der Waals surface area contributed by atoms with Crippen LogP contribution in [0.15, 0.2) is 48.2 Å². The summed E-state index contributed by atoms with van der Waals surface area (Å²) in [5.41, 5.74) is 4.05. The summed E-state index contributed by atoms with van der Waals surface area (Å²) < 4.78 is 14.5. The van der Waals surface area contributed by atoms with Crippen molar-refractivity contribution in [3.8, 4) is 0 Å². The van der Waals surface area contributed by atoms with E-state index >= 15 is 0 Å². The number of hydrogen-bond donors (Lipinski definition) is 0. The number of fused-ring (bicyclic) bond motifs is 1. The standard InChI is InChI=1S/C28H34FN5O2S/c1-20(2)17-32-11-5-13-33(28(36)26-21(3)31-19-37-26)18-23-15-24(29)8-9-25(23)34(14-6-12-32)27(35)22-7-4-10-30-16-22/h4,7-10,15-16,19-20H,5-6,11-14,17-18H2,1-3H3. The first kappa shape index (κ1) is 26.9. The van der Waals surface area contributed by atoms with E-state index in [-0.39, 0.29) is 18.4 Å². The molecule has 196 valence electrons. The molecule has 1 aliphatic rings. The third-order valence-corrected chi connectivity index (χ3v) is 7.37. The zero-order valence-corrected chi connectivity index (χ0v) is 22.5. The SMILES string of the molecule is Cc1ncsc1C(=O)N1CCCN(CC(C)C)CCCN(C(=O)c2cccnc2)c2ccc(F)cc2C1. The molecule has 3 aromatic rings. The first-order chi connectivity index (χ1) is 17.8. The lowest BCUT2D eigenvalue weighted by atomic mass is 10.1. The predicted molar refractivity (Wildman–Crippen MR) is 144 cm³/mol. The molecule has 1 aliphatic heterocycles. The van der Waals surface area contributed by atoms with Gasteiger partial charge in [-0.25, -0.2) is 9.37 Å². The first-order valence-corrected chi connectivity index (χ1v) is 13.6. The maximum Gasteiger partial charge on any atom is 0.266 e. The number of hydrogen-bond acceptors (Lipinski definition) is 6. The smallest absolute Gasteiger partial charge is 0.266 e. The van der Waals surface area contributed by atoms with Crippen LogP contribution in [0, 0.1) is 18.7 Å². The van der Waals surface area contributed by atoms with Gasteiger partial charge in [0.25, 0.3) is 11.8 Å². The van der Waals surface area contributed by atoms with E-state index < -0.39 is 5.82 Å². The number of benzene rings is 1. The van der Waals surface area contributed by atoms with Gasteiger partial charge < -0.3 is 14.7 Å². The summed E-state index contributed by atoms with van der Waals surface area (Å²) in [6.07, 6.45) is 4.76. The highest BCUT2D eigenvalue weighted by Crippen LogP contribution is 2.27. The lowest BCUT2D eigenvalue weighted by Gasteiger charge is -2.32. The number of thiazole rings is 1. The molecule has 0 N–H and O–H groups in total. The van der Waals surface area contributed by atoms with Crippen molar-refractivity contribution in [1.29, 1.82) is 0 Å². The number of pyridine rings is 1. The number of anilines is 1. The number of carbonyl (C=O) groups excluding carboxylic acids is 2. The van der Waals surface area contributed by atoms with Gasteiger partial charge in [0.05, 0.1) is 16.8 Å². The summed E-state index contributed by atoms with van der Waals surface area (Å²) in [6.45, 7) is 10.0. The largest absolute Gasteiger partial charge is 0.333 e. The van der Waals surface area contributed by atoms with Crippen LogP contribution < -0.4 is 4.90 Å². The first-order valence-electron chi connectivity index (χ1n) is 12.8. The lowest BCUT2D eigenvalue weighted by Crippen LogP contribution is -2.39. The Morgan fingerprint density at radius 1 is 1.08 bits per heavy atom. The molecule has 9 heteroatoms. The van der Waals surface area contributed by atoms with Crippen molar-refractivity contribution in [3.63, 3.8) is 0 Å². The summed E-state index contributed by atoms with van der Waals surface area (Å²) in [5.74, 6) is -0.205. The fraction of sp³-hybridized carbons (Fsp3) is 0.429. The Labute approximate surface area is 221 Å². The molecular weight excluding hydrogens is 489 g/mol. The molecule has 37 heavy (non-hydrogen) atoms. The molecule has 0 unspecified atom stereocenters. The summed E-state index contributed by atoms with van der Waals surface area (Å²) in [5, 5.41) is 0. The molecule has 4 rings (SSSR count). The molecule has 1 aromatic carbocycles. The van der Waals surface area contributed by atoms with E-state index in [1.165, 1.54) is 23.5 Å². The summed E-state index contributed by atoms with van der Waals surface area (Å²) in [6, 6.07) is 7.94. The van der Waals surface area contributed by atoms with Crippen molar-refractivity contribution in [1.82, 2.24) is 19.8 Å². The van der Waals surface area contributed by atoms with Crippen molar-refractivity contribution in [3.05, 3.63) is 75.8 Å². The van der Waals surface area contributed by atoms with Gasteiger partial charge in [-0.3, -0.25) is 14.6 Å². The molecule has 0 aliphatic carbocycles. The van der Waals surface area contributed by atoms with Gasteiger partial charge in [-0.1, -0.05) is 13.8 Å². The van der Waals surface area contributed by atoms with Gasteiger partial charge in [0.2, 0.25) is 0 Å². The van der Waals surface area contributed by atoms with Crippen molar-refractivity contribution in [2.45, 2.75) is 40.2 Å². The maximum absolute atomic E-state index is 14.5. The second kappa shape index (κ2) is 12.4. The van der Waals surface area contributed by atoms with E-state index in [4.69, 9.17) is 0 Å². The van der Waals surface area contributed by atoms with Gasteiger partial charge >= 0.3 is 0 Å². The van der Waals surface area contributed by atoms with E-state index in [1.54, 1.807) is 45.9 Å². The quantitative estimate of drug-likeness (QED) is 0.480. The fourth-order valence-electron chi connectivity index (χ4n) is 4.78. The number of rotatable bonds is 4. The number of carbonyl (C=O) groups is 2. The van der Waals surface area contributed by atoms with Crippen LogP contribution in [0.25, 0.3) is 0 Å². The van der Waals surface area contributed by atoms with Crippen molar-refractivity contribution >= 4 is 28.8 Å². The second-order valence-electron chi connectivity index (χ2n) is 9.87. The zero-order chi connectivity index (χ0) is 26.4. The summed E-state index contributed by atoms with van der Waals surface area (Å²) in [4.78, 5) is 42.1. The van der Waals surface area contributed by atoms with E-state index in [1.807, 2.05) is 6.92 Å². The van der Waals surface area contributed by atoms with E-state index in [2.05, 4.69) is 28.7 Å². The van der Waals surface area contributed by atoms with Gasteiger partial charge in [0, 0.05) is 44.3 Å². The Bertz CT molecular complexity index is 1220. The zero-order valence-electron chi connectivity index (χ0n) is 21.7. The number of aryl methyl sites for hydroxylation is 1. The fourth-order valence-corrected chi connectivity index (χ4v) is 5.55. The molecule has 2 aromatic heterocycles. The highest BCUT2D eigenvalue weighted by molar-refractivity contribution is 7.11. The molecule has 7 nitrogen and oxygen atoms in total. The minimum absolute atomic E-state index is 0.118. The molecule has 0 saturated carbocycles. The number of halogens is 1. The number of aromatic nitrogens is 2. The predicted octanol–water partition coefficient (Wildman–Crippen LogP) is 5.03. The molecule has 3 heterocycles. The molecule has 0 atom stereocenters. The van der Waals surface area contributed by atoms with Crippen LogP contribution >= 0.6 is 11.3 Å². The third-order valence-electron chi connectivity index (χ3n) is 6.46. The molecule has 0 bridgehead atoms. The van der Waals surface area contributed by atoms with Crippen LogP contribution in [-0.4, -0.2) is 64.3 Å². The summed E-state index contributed by atoms with van der Waals surface area (Å²) in [7, 11) is 0. The molecule has 0 radical (unpaired) electrons. The highest BCUT2D eigenvalue weighted by Gasteiger charge is 2.26. The Hall–Kier alpha value is -3.17. The van der Waals surface area contributed by atoms with Crippen LogP contribution in [0.4, 0.5) is 10.1 Å². The van der Waals surface area contributed by atoms with Gasteiger partial charge in [-0.15, -0.1) is 11.3 Å². The molecule has 2 amide bonds. The lowest BCUT2D eigenvalue weighted by molar-refractivity contribution is 0.0737. The van der Waals surface area contributed by atoms with Crippen molar-refractivity contribution in [2.24, 2.45) is 5.92 Å². The minimum atomic E-state index is -0.399. The number of nitrogens with zero attached hydrogens (tertiary/aromatic N) is 5. The van der Waals surface area contributed by atoms with Crippen LogP contribution in [0.5, 0.6) is 0 Å². The topological polar surface area (TPSA) is 69.6 Å². The number of amides is 2. The Kier molecular flexibility index (Phi) is 9.00. The average molecular weight is 524 g/mol. The van der Waals surface area contributed by atoms with Crippen molar-refractivity contribution < 1.29 is 14.0 Å². The molecule has 0 spiro atoms. The maximum atomic E-state index is 14.5. The molecular formula is C28H34FN5O2S. The monoisotopic (exact) mass is 523 g/mol. The molecule has 0 fully saturated rings. The van der Waals surface area contributed by atoms with Gasteiger partial charge in [-0.2, -0.15) is 0 Å². The van der Waals surface area contributed by atoms with Gasteiger partial charge in [0.15, 0.2) is 0 Å². The Morgan fingerprint density at radius 2 is 1.86 bits per heavy atom. The van der Waals surface area contributed by atoms with Crippen LogP contribution in [-0.2, 0) is 6.54 Å². The summed E-state index contributed by atoms with van der Waals surface area (Å²) >= 11 is 1.32. The van der Waals surface area contributed by atoms with E-state index in [0.29, 0.717) is 46.4 Å². The molecule has 0 saturated heterocycles. The normalized spacial score (nSPS) is 15.7. The third kappa shape index (κ3) is 6.78. The van der Waals surface area contributed by atoms with Crippen LogP contribution in [0.2, 0.25) is 0 Å². The minimum Gasteiger partial charge on any atom is -0.333 e. The Morgan fingerprint density at radius 3 is 2.54 bits per heavy atom. The van der Waals surface area contributed by atoms with Crippen LogP contribution in [0.1, 0.15) is 58.0 Å². The van der Waals surface area contributed by atoms with Gasteiger partial charge in [0.1, 0.15) is 10.7 Å². The second-order valence-corrected chi connectivity index (χ2v) is 10.7. The van der Waals surface area contributed by atoms with E-state index in [0.717, 1.165) is 32.5 Å². The highest BCUT2D eigenvalue weighted by atomic mass is 32.1. The van der Waals surface area contributed by atoms with Crippen LogP contribution in [0.3, 0.4) is 0 Å². The van der Waals surface area contributed by atoms with Crippen molar-refractivity contribution in [2.75, 3.05) is 37.6 Å².